The number of methoxy groups -OCH3 is 1. The summed E-state index contributed by atoms with van der Waals surface area (Å²) in [6.07, 6.45) is 1.80. The van der Waals surface area contributed by atoms with E-state index in [0.29, 0.717) is 29.1 Å². The molecule has 0 saturated carbocycles. The van der Waals surface area contributed by atoms with Gasteiger partial charge in [-0.1, -0.05) is 17.7 Å². The van der Waals surface area contributed by atoms with E-state index in [0.717, 1.165) is 17.1 Å². The molecule has 162 valence electrons. The highest BCUT2D eigenvalue weighted by Gasteiger charge is 2.42. The van der Waals surface area contributed by atoms with E-state index in [-0.39, 0.29) is 12.1 Å². The van der Waals surface area contributed by atoms with Crippen LogP contribution in [0.25, 0.3) is 0 Å². The van der Waals surface area contributed by atoms with Crippen molar-refractivity contribution in [1.82, 2.24) is 14.9 Å². The SMILES string of the molecule is COCCOc1ccc(N2C(=S)N[C@@H](c3ccccn3)[C@@H]2c2ccc(C)n2C)cc1Cl. The molecule has 0 amide bonds. The van der Waals surface area contributed by atoms with Gasteiger partial charge in [0.25, 0.3) is 0 Å². The number of hydrogen-bond acceptors (Lipinski definition) is 4. The van der Waals surface area contributed by atoms with E-state index < -0.39 is 0 Å². The third kappa shape index (κ3) is 4.26. The number of halogens is 1. The maximum atomic E-state index is 6.54. The summed E-state index contributed by atoms with van der Waals surface area (Å²) in [7, 11) is 3.71. The van der Waals surface area contributed by atoms with Gasteiger partial charge in [-0.05, 0) is 61.6 Å². The predicted molar refractivity (Wildman–Crippen MR) is 127 cm³/mol. The Kier molecular flexibility index (Phi) is 6.46. The van der Waals surface area contributed by atoms with Crippen molar-refractivity contribution in [3.05, 3.63) is 76.8 Å². The summed E-state index contributed by atoms with van der Waals surface area (Å²) in [6, 6.07) is 15.7. The van der Waals surface area contributed by atoms with E-state index in [1.807, 2.05) is 36.4 Å². The molecule has 0 bridgehead atoms. The van der Waals surface area contributed by atoms with Gasteiger partial charge in [0.2, 0.25) is 0 Å². The first-order chi connectivity index (χ1) is 15.0. The second-order valence-corrected chi connectivity index (χ2v) is 8.21. The van der Waals surface area contributed by atoms with Crippen molar-refractivity contribution < 1.29 is 9.47 Å². The Bertz CT molecular complexity index is 1070. The third-order valence-electron chi connectivity index (χ3n) is 5.55. The Morgan fingerprint density at radius 2 is 2.00 bits per heavy atom. The first-order valence-corrected chi connectivity index (χ1v) is 10.8. The van der Waals surface area contributed by atoms with Crippen molar-refractivity contribution >= 4 is 34.6 Å². The summed E-state index contributed by atoms with van der Waals surface area (Å²) in [4.78, 5) is 6.70. The summed E-state index contributed by atoms with van der Waals surface area (Å²) in [5.74, 6) is 0.619. The number of thiocarbonyl (C=S) groups is 1. The molecule has 0 aliphatic carbocycles. The Hall–Kier alpha value is -2.61. The fraction of sp³-hybridized carbons (Fsp3) is 0.304. The molecule has 1 aromatic carbocycles. The van der Waals surface area contributed by atoms with Gasteiger partial charge in [0.15, 0.2) is 5.11 Å². The summed E-state index contributed by atoms with van der Waals surface area (Å²) in [5, 5.41) is 4.63. The number of benzene rings is 1. The molecule has 1 aliphatic rings. The van der Waals surface area contributed by atoms with Crippen LogP contribution in [0.15, 0.2) is 54.7 Å². The molecule has 0 radical (unpaired) electrons. The molecule has 0 spiro atoms. The average Bonchev–Trinajstić information content (AvgIpc) is 3.28. The van der Waals surface area contributed by atoms with Crippen LogP contribution in [0.3, 0.4) is 0 Å². The van der Waals surface area contributed by atoms with E-state index in [1.54, 1.807) is 13.3 Å². The van der Waals surface area contributed by atoms with Crippen LogP contribution in [0.1, 0.15) is 29.2 Å². The van der Waals surface area contributed by atoms with Crippen LogP contribution in [0.2, 0.25) is 5.02 Å². The van der Waals surface area contributed by atoms with Crippen LogP contribution in [0.5, 0.6) is 5.75 Å². The number of aryl methyl sites for hydroxylation is 1. The number of anilines is 1. The number of ether oxygens (including phenoxy) is 2. The first kappa shape index (κ1) is 21.6. The molecule has 31 heavy (non-hydrogen) atoms. The van der Waals surface area contributed by atoms with Gasteiger partial charge in [0, 0.05) is 37.4 Å². The molecule has 3 aromatic rings. The fourth-order valence-corrected chi connectivity index (χ4v) is 4.43. The zero-order valence-corrected chi connectivity index (χ0v) is 19.3. The molecule has 3 heterocycles. The molecule has 2 atom stereocenters. The van der Waals surface area contributed by atoms with Crippen LogP contribution < -0.4 is 15.0 Å². The molecular formula is C23H25ClN4O2S. The van der Waals surface area contributed by atoms with Gasteiger partial charge in [-0.25, -0.2) is 0 Å². The lowest BCUT2D eigenvalue weighted by Crippen LogP contribution is -2.30. The van der Waals surface area contributed by atoms with E-state index >= 15 is 0 Å². The normalized spacial score (nSPS) is 18.3. The second-order valence-electron chi connectivity index (χ2n) is 7.41. The summed E-state index contributed by atoms with van der Waals surface area (Å²) in [6.45, 7) is 3.03. The Balaban J connectivity index is 1.74. The van der Waals surface area contributed by atoms with E-state index in [2.05, 4.69) is 45.9 Å². The van der Waals surface area contributed by atoms with E-state index in [9.17, 15) is 0 Å². The van der Waals surface area contributed by atoms with Gasteiger partial charge < -0.3 is 24.3 Å². The van der Waals surface area contributed by atoms with Crippen LogP contribution >= 0.6 is 23.8 Å². The van der Waals surface area contributed by atoms with Crippen molar-refractivity contribution in [3.8, 4) is 5.75 Å². The summed E-state index contributed by atoms with van der Waals surface area (Å²) in [5.41, 5.74) is 4.13. The fourth-order valence-electron chi connectivity index (χ4n) is 3.86. The number of nitrogens with one attached hydrogen (secondary N) is 1. The molecule has 2 aromatic heterocycles. The minimum absolute atomic E-state index is 0.0857. The first-order valence-electron chi connectivity index (χ1n) is 10.1. The Labute approximate surface area is 192 Å². The van der Waals surface area contributed by atoms with E-state index in [4.69, 9.17) is 33.3 Å². The molecular weight excluding hydrogens is 432 g/mol. The summed E-state index contributed by atoms with van der Waals surface area (Å²) < 4.78 is 12.9. The molecule has 6 nitrogen and oxygen atoms in total. The molecule has 1 fully saturated rings. The zero-order valence-electron chi connectivity index (χ0n) is 17.7. The van der Waals surface area contributed by atoms with Gasteiger partial charge in [-0.15, -0.1) is 0 Å². The monoisotopic (exact) mass is 456 g/mol. The maximum absolute atomic E-state index is 6.54. The average molecular weight is 457 g/mol. The van der Waals surface area contributed by atoms with Gasteiger partial charge in [-0.2, -0.15) is 0 Å². The number of rotatable bonds is 7. The maximum Gasteiger partial charge on any atom is 0.174 e. The highest BCUT2D eigenvalue weighted by Crippen LogP contribution is 2.43. The van der Waals surface area contributed by atoms with Gasteiger partial charge in [-0.3, -0.25) is 4.98 Å². The standard InChI is InChI=1S/C23H25ClN4O2S/c1-15-7-9-19(27(15)2)22-21(18-6-4-5-11-25-18)26-23(31)28(22)16-8-10-20(17(24)14-16)30-13-12-29-3/h4-11,14,21-22H,12-13H2,1-3H3,(H,26,31)/t21-,22-/m0/s1. The minimum Gasteiger partial charge on any atom is -0.490 e. The number of aromatic nitrogens is 2. The second kappa shape index (κ2) is 9.26. The molecule has 1 aliphatic heterocycles. The highest BCUT2D eigenvalue weighted by atomic mass is 35.5. The molecule has 1 saturated heterocycles. The molecule has 0 unspecified atom stereocenters. The quantitative estimate of drug-likeness (QED) is 0.414. The van der Waals surface area contributed by atoms with Gasteiger partial charge in [0.1, 0.15) is 18.4 Å². The lowest BCUT2D eigenvalue weighted by molar-refractivity contribution is 0.146. The number of nitrogens with zero attached hydrogens (tertiary/aromatic N) is 3. The largest absolute Gasteiger partial charge is 0.490 e. The smallest absolute Gasteiger partial charge is 0.174 e. The predicted octanol–water partition coefficient (Wildman–Crippen LogP) is 4.58. The van der Waals surface area contributed by atoms with Gasteiger partial charge >= 0.3 is 0 Å². The van der Waals surface area contributed by atoms with Crippen LogP contribution in [0.4, 0.5) is 5.69 Å². The van der Waals surface area contributed by atoms with Crippen molar-refractivity contribution in [2.24, 2.45) is 7.05 Å². The molecule has 4 rings (SSSR count). The van der Waals surface area contributed by atoms with Crippen molar-refractivity contribution in [2.45, 2.75) is 19.0 Å². The van der Waals surface area contributed by atoms with Crippen LogP contribution in [-0.4, -0.2) is 35.0 Å². The molecule has 1 N–H and O–H groups in total. The summed E-state index contributed by atoms with van der Waals surface area (Å²) >= 11 is 12.3. The van der Waals surface area contributed by atoms with Crippen molar-refractivity contribution in [1.29, 1.82) is 0 Å². The minimum atomic E-state index is -0.0990. The Morgan fingerprint density at radius 1 is 1.16 bits per heavy atom. The third-order valence-corrected chi connectivity index (χ3v) is 6.16. The Morgan fingerprint density at radius 3 is 2.65 bits per heavy atom. The van der Waals surface area contributed by atoms with Crippen LogP contribution in [-0.2, 0) is 11.8 Å². The zero-order chi connectivity index (χ0) is 22.0. The topological polar surface area (TPSA) is 51.6 Å². The van der Waals surface area contributed by atoms with Gasteiger partial charge in [0.05, 0.1) is 23.4 Å². The lowest BCUT2D eigenvalue weighted by Gasteiger charge is -2.29. The number of pyridine rings is 1. The van der Waals surface area contributed by atoms with E-state index in [1.165, 1.54) is 5.69 Å². The number of hydrogen-bond donors (Lipinski definition) is 1. The highest BCUT2D eigenvalue weighted by molar-refractivity contribution is 7.80. The van der Waals surface area contributed by atoms with Crippen molar-refractivity contribution in [2.75, 3.05) is 25.2 Å². The van der Waals surface area contributed by atoms with Crippen molar-refractivity contribution in [3.63, 3.8) is 0 Å². The lowest BCUT2D eigenvalue weighted by atomic mass is 10.0. The molecule has 8 heteroatoms. The van der Waals surface area contributed by atoms with Crippen LogP contribution in [0, 0.1) is 6.92 Å².